The van der Waals surface area contributed by atoms with Gasteiger partial charge in [-0.05, 0) is 42.6 Å². The lowest BCUT2D eigenvalue weighted by molar-refractivity contribution is 0.440. The molecule has 21 heavy (non-hydrogen) atoms. The predicted octanol–water partition coefficient (Wildman–Crippen LogP) is 3.79. The fourth-order valence-corrected chi connectivity index (χ4v) is 3.04. The van der Waals surface area contributed by atoms with Crippen molar-refractivity contribution in [3.05, 3.63) is 71.0 Å². The molecule has 0 bridgehead atoms. The van der Waals surface area contributed by atoms with Crippen LogP contribution in [-0.4, -0.2) is 12.6 Å². The van der Waals surface area contributed by atoms with Crippen LogP contribution in [0.15, 0.2) is 42.5 Å². The Morgan fingerprint density at radius 3 is 2.33 bits per heavy atom. The monoisotopic (exact) mass is 291 g/mol. The van der Waals surface area contributed by atoms with Crippen LogP contribution in [0.4, 0.5) is 13.2 Å². The number of halogens is 3. The largest absolute Gasteiger partial charge is 0.313 e. The maximum absolute atomic E-state index is 13.4. The quantitative estimate of drug-likeness (QED) is 0.848. The smallest absolute Gasteiger partial charge is 0.194 e. The first-order chi connectivity index (χ1) is 10.1. The molecule has 1 heterocycles. The van der Waals surface area contributed by atoms with Gasteiger partial charge in [-0.3, -0.25) is 0 Å². The second-order valence-corrected chi connectivity index (χ2v) is 5.44. The summed E-state index contributed by atoms with van der Waals surface area (Å²) in [5.74, 6) is -3.63. The third-order valence-corrected chi connectivity index (χ3v) is 4.08. The minimum absolute atomic E-state index is 0.00481. The Kier molecular flexibility index (Phi) is 3.97. The molecule has 2 aromatic carbocycles. The third-order valence-electron chi connectivity index (χ3n) is 4.08. The first-order valence-corrected chi connectivity index (χ1v) is 7.07. The van der Waals surface area contributed by atoms with Gasteiger partial charge in [-0.25, -0.2) is 13.2 Å². The second kappa shape index (κ2) is 5.90. The molecule has 0 amide bonds. The van der Waals surface area contributed by atoms with E-state index in [1.807, 2.05) is 30.3 Å². The van der Waals surface area contributed by atoms with Gasteiger partial charge in [0.05, 0.1) is 0 Å². The fourth-order valence-electron chi connectivity index (χ4n) is 3.04. The molecule has 1 N–H and O–H groups in total. The standard InChI is InChI=1S/C17H16F3N/c18-14-9-12(10-15(19)17(14)20)13-6-7-21-16(13)8-11-4-2-1-3-5-11/h1-5,9-10,13,16,21H,6-8H2. The van der Waals surface area contributed by atoms with Crippen molar-refractivity contribution in [2.75, 3.05) is 6.54 Å². The van der Waals surface area contributed by atoms with Crippen LogP contribution in [0.5, 0.6) is 0 Å². The second-order valence-electron chi connectivity index (χ2n) is 5.44. The number of hydrogen-bond acceptors (Lipinski definition) is 1. The summed E-state index contributed by atoms with van der Waals surface area (Å²) in [6.45, 7) is 0.794. The van der Waals surface area contributed by atoms with Gasteiger partial charge in [-0.15, -0.1) is 0 Å². The number of nitrogens with one attached hydrogen (secondary N) is 1. The van der Waals surface area contributed by atoms with Gasteiger partial charge in [-0.1, -0.05) is 30.3 Å². The summed E-state index contributed by atoms with van der Waals surface area (Å²) in [6, 6.07) is 12.3. The lowest BCUT2D eigenvalue weighted by Crippen LogP contribution is -2.28. The molecule has 1 nitrogen and oxygen atoms in total. The van der Waals surface area contributed by atoms with E-state index in [0.717, 1.165) is 31.5 Å². The van der Waals surface area contributed by atoms with Crippen molar-refractivity contribution in [3.63, 3.8) is 0 Å². The molecule has 110 valence electrons. The van der Waals surface area contributed by atoms with Crippen LogP contribution in [0.3, 0.4) is 0 Å². The third kappa shape index (κ3) is 2.95. The highest BCUT2D eigenvalue weighted by molar-refractivity contribution is 5.27. The van der Waals surface area contributed by atoms with Crippen LogP contribution in [0.25, 0.3) is 0 Å². The molecular weight excluding hydrogens is 275 g/mol. The predicted molar refractivity (Wildman–Crippen MR) is 75.6 cm³/mol. The first kappa shape index (κ1) is 14.1. The minimum atomic E-state index is -1.40. The van der Waals surface area contributed by atoms with E-state index < -0.39 is 17.5 Å². The van der Waals surface area contributed by atoms with Crippen molar-refractivity contribution in [1.29, 1.82) is 0 Å². The molecular formula is C17H16F3N. The molecule has 3 rings (SSSR count). The minimum Gasteiger partial charge on any atom is -0.313 e. The van der Waals surface area contributed by atoms with E-state index in [1.54, 1.807) is 0 Å². The summed E-state index contributed by atoms with van der Waals surface area (Å²) in [5, 5.41) is 3.37. The van der Waals surface area contributed by atoms with Gasteiger partial charge in [0.2, 0.25) is 0 Å². The molecule has 0 spiro atoms. The van der Waals surface area contributed by atoms with Crippen LogP contribution in [0.2, 0.25) is 0 Å². The van der Waals surface area contributed by atoms with Crippen molar-refractivity contribution in [2.24, 2.45) is 0 Å². The van der Waals surface area contributed by atoms with Gasteiger partial charge in [0.25, 0.3) is 0 Å². The molecule has 2 aromatic rings. The van der Waals surface area contributed by atoms with E-state index in [2.05, 4.69) is 5.32 Å². The number of benzene rings is 2. The van der Waals surface area contributed by atoms with Gasteiger partial charge >= 0.3 is 0 Å². The summed E-state index contributed by atoms with van der Waals surface area (Å²) in [5.41, 5.74) is 1.70. The van der Waals surface area contributed by atoms with Crippen LogP contribution < -0.4 is 5.32 Å². The van der Waals surface area contributed by atoms with Crippen molar-refractivity contribution in [1.82, 2.24) is 5.32 Å². The van der Waals surface area contributed by atoms with Crippen molar-refractivity contribution in [3.8, 4) is 0 Å². The molecule has 1 saturated heterocycles. The molecule has 0 saturated carbocycles. The Labute approximate surface area is 121 Å². The fraction of sp³-hybridized carbons (Fsp3) is 0.294. The highest BCUT2D eigenvalue weighted by Crippen LogP contribution is 2.31. The van der Waals surface area contributed by atoms with E-state index in [0.29, 0.717) is 5.56 Å². The number of hydrogen-bond donors (Lipinski definition) is 1. The average molecular weight is 291 g/mol. The Morgan fingerprint density at radius 1 is 1.00 bits per heavy atom. The van der Waals surface area contributed by atoms with Gasteiger partial charge in [0.15, 0.2) is 17.5 Å². The van der Waals surface area contributed by atoms with Crippen molar-refractivity contribution < 1.29 is 13.2 Å². The maximum atomic E-state index is 13.4. The lowest BCUT2D eigenvalue weighted by atomic mass is 9.88. The summed E-state index contributed by atoms with van der Waals surface area (Å²) in [4.78, 5) is 0. The molecule has 1 aliphatic rings. The van der Waals surface area contributed by atoms with Gasteiger partial charge < -0.3 is 5.32 Å². The molecule has 0 aromatic heterocycles. The van der Waals surface area contributed by atoms with Crippen LogP contribution >= 0.6 is 0 Å². The maximum Gasteiger partial charge on any atom is 0.194 e. The highest BCUT2D eigenvalue weighted by atomic mass is 19.2. The Hall–Kier alpha value is -1.81. The lowest BCUT2D eigenvalue weighted by Gasteiger charge is -2.20. The van der Waals surface area contributed by atoms with Crippen LogP contribution in [0, 0.1) is 17.5 Å². The average Bonchev–Trinajstić information content (AvgIpc) is 2.93. The van der Waals surface area contributed by atoms with E-state index in [-0.39, 0.29) is 12.0 Å². The summed E-state index contributed by atoms with van der Waals surface area (Å²) in [7, 11) is 0. The van der Waals surface area contributed by atoms with Gasteiger partial charge in [0, 0.05) is 12.0 Å². The van der Waals surface area contributed by atoms with Crippen LogP contribution in [-0.2, 0) is 6.42 Å². The summed E-state index contributed by atoms with van der Waals surface area (Å²) >= 11 is 0. The van der Waals surface area contributed by atoms with Crippen molar-refractivity contribution >= 4 is 0 Å². The van der Waals surface area contributed by atoms with Gasteiger partial charge in [-0.2, -0.15) is 0 Å². The zero-order valence-corrected chi connectivity index (χ0v) is 11.5. The highest BCUT2D eigenvalue weighted by Gasteiger charge is 2.29. The topological polar surface area (TPSA) is 12.0 Å². The van der Waals surface area contributed by atoms with Gasteiger partial charge in [0.1, 0.15) is 0 Å². The molecule has 1 aliphatic heterocycles. The normalized spacial score (nSPS) is 21.7. The number of rotatable bonds is 3. The first-order valence-electron chi connectivity index (χ1n) is 7.07. The van der Waals surface area contributed by atoms with E-state index in [9.17, 15) is 13.2 Å². The van der Waals surface area contributed by atoms with Crippen LogP contribution in [0.1, 0.15) is 23.5 Å². The van der Waals surface area contributed by atoms with E-state index in [1.165, 1.54) is 5.56 Å². The Balaban J connectivity index is 1.84. The molecule has 4 heteroatoms. The Morgan fingerprint density at radius 2 is 1.67 bits per heavy atom. The molecule has 0 aliphatic carbocycles. The zero-order valence-electron chi connectivity index (χ0n) is 11.5. The van der Waals surface area contributed by atoms with E-state index in [4.69, 9.17) is 0 Å². The molecule has 2 unspecified atom stereocenters. The molecule has 1 fully saturated rings. The Bertz CT molecular complexity index is 604. The molecule has 0 radical (unpaired) electrons. The zero-order chi connectivity index (χ0) is 14.8. The van der Waals surface area contributed by atoms with Crippen molar-refractivity contribution in [2.45, 2.75) is 24.8 Å². The summed E-state index contributed by atoms with van der Waals surface area (Å²) in [6.07, 6.45) is 1.58. The van der Waals surface area contributed by atoms with E-state index >= 15 is 0 Å². The molecule has 2 atom stereocenters. The summed E-state index contributed by atoms with van der Waals surface area (Å²) < 4.78 is 39.9. The SMILES string of the molecule is Fc1cc(C2CCNC2Cc2ccccc2)cc(F)c1F.